The minimum absolute atomic E-state index is 0.0103. The molecule has 0 saturated carbocycles. The molecule has 0 aromatic rings. The molecule has 6 heteroatoms. The Morgan fingerprint density at radius 2 is 1.94 bits per heavy atom. The largest absolute Gasteiger partial charge is 0.374 e. The van der Waals surface area contributed by atoms with Crippen LogP contribution in [0.5, 0.6) is 0 Å². The van der Waals surface area contributed by atoms with Crippen LogP contribution in [0.1, 0.15) is 26.7 Å². The number of hydrogen-bond acceptors (Lipinski definition) is 2. The molecule has 2 nitrogen and oxygen atoms in total. The maximum absolute atomic E-state index is 12.4. The molecular formula is C10H19F4NO. The molecule has 0 spiro atoms. The Bertz CT molecular complexity index is 178. The topological polar surface area (TPSA) is 21.3 Å². The summed E-state index contributed by atoms with van der Waals surface area (Å²) < 4.78 is 52.6. The summed E-state index contributed by atoms with van der Waals surface area (Å²) in [6.07, 6.45) is -1.66. The number of rotatable bonds is 9. The van der Waals surface area contributed by atoms with Gasteiger partial charge in [0.2, 0.25) is 0 Å². The van der Waals surface area contributed by atoms with Crippen LogP contribution in [0.4, 0.5) is 17.6 Å². The van der Waals surface area contributed by atoms with E-state index in [0.29, 0.717) is 6.54 Å². The van der Waals surface area contributed by atoms with E-state index in [1.807, 2.05) is 13.8 Å². The van der Waals surface area contributed by atoms with Crippen LogP contribution < -0.4 is 5.32 Å². The Balaban J connectivity index is 3.47. The van der Waals surface area contributed by atoms with Gasteiger partial charge in [-0.3, -0.25) is 0 Å². The monoisotopic (exact) mass is 245 g/mol. The minimum atomic E-state index is -4.05. The molecule has 0 aliphatic rings. The quantitative estimate of drug-likeness (QED) is 0.498. The van der Waals surface area contributed by atoms with Crippen molar-refractivity contribution < 1.29 is 22.3 Å². The van der Waals surface area contributed by atoms with Gasteiger partial charge in [0, 0.05) is 12.6 Å². The molecule has 0 saturated heterocycles. The molecule has 1 N–H and O–H groups in total. The lowest BCUT2D eigenvalue weighted by Gasteiger charge is -2.16. The van der Waals surface area contributed by atoms with E-state index in [9.17, 15) is 17.6 Å². The molecule has 0 aromatic carbocycles. The van der Waals surface area contributed by atoms with Crippen LogP contribution in [-0.2, 0) is 4.74 Å². The predicted molar refractivity (Wildman–Crippen MR) is 54.1 cm³/mol. The second kappa shape index (κ2) is 7.84. The van der Waals surface area contributed by atoms with Crippen LogP contribution in [0.3, 0.4) is 0 Å². The van der Waals surface area contributed by atoms with Gasteiger partial charge in [0.05, 0.1) is 6.61 Å². The Hall–Kier alpha value is -0.360. The third-order valence-electron chi connectivity index (χ3n) is 2.07. The summed E-state index contributed by atoms with van der Waals surface area (Å²) in [6.45, 7) is 3.18. The standard InChI is InChI=1S/C10H19F4NO/c1-3-4-8(2)15-5-6-16-7-10(13,14)9(11)12/h8-9,15H,3-7H2,1-2H3. The van der Waals surface area contributed by atoms with E-state index < -0.39 is 19.0 Å². The maximum Gasteiger partial charge on any atom is 0.330 e. The van der Waals surface area contributed by atoms with Crippen molar-refractivity contribution in [2.75, 3.05) is 19.8 Å². The summed E-state index contributed by atoms with van der Waals surface area (Å²) in [4.78, 5) is 0. The number of ether oxygens (including phenoxy) is 1. The fraction of sp³-hybridized carbons (Fsp3) is 1.00. The van der Waals surface area contributed by atoms with Crippen LogP contribution >= 0.6 is 0 Å². The summed E-state index contributed by atoms with van der Waals surface area (Å²) >= 11 is 0. The first-order valence-electron chi connectivity index (χ1n) is 5.37. The van der Waals surface area contributed by atoms with E-state index in [2.05, 4.69) is 10.1 Å². The smallest absolute Gasteiger partial charge is 0.330 e. The lowest BCUT2D eigenvalue weighted by molar-refractivity contribution is -0.165. The first-order valence-corrected chi connectivity index (χ1v) is 5.37. The zero-order chi connectivity index (χ0) is 12.6. The molecule has 1 unspecified atom stereocenters. The van der Waals surface area contributed by atoms with Crippen LogP contribution in [-0.4, -0.2) is 38.1 Å². The number of nitrogens with one attached hydrogen (secondary N) is 1. The van der Waals surface area contributed by atoms with Crippen molar-refractivity contribution in [3.63, 3.8) is 0 Å². The maximum atomic E-state index is 12.4. The lowest BCUT2D eigenvalue weighted by Crippen LogP contribution is -2.34. The first kappa shape index (κ1) is 15.6. The molecule has 0 aromatic heterocycles. The second-order valence-electron chi connectivity index (χ2n) is 3.76. The van der Waals surface area contributed by atoms with E-state index in [1.165, 1.54) is 0 Å². The molecule has 0 radical (unpaired) electrons. The van der Waals surface area contributed by atoms with Crippen LogP contribution in [0.2, 0.25) is 0 Å². The average molecular weight is 245 g/mol. The van der Waals surface area contributed by atoms with Crippen molar-refractivity contribution in [1.29, 1.82) is 0 Å². The molecule has 0 bridgehead atoms. The van der Waals surface area contributed by atoms with Crippen LogP contribution in [0.15, 0.2) is 0 Å². The molecule has 0 aliphatic carbocycles. The van der Waals surface area contributed by atoms with Gasteiger partial charge in [-0.25, -0.2) is 8.78 Å². The van der Waals surface area contributed by atoms with Gasteiger partial charge in [0.25, 0.3) is 0 Å². The molecule has 0 rings (SSSR count). The molecule has 0 amide bonds. The molecule has 1 atom stereocenters. The van der Waals surface area contributed by atoms with E-state index in [1.54, 1.807) is 0 Å². The summed E-state index contributed by atoms with van der Waals surface area (Å²) in [6, 6.07) is 0.282. The van der Waals surface area contributed by atoms with Crippen molar-refractivity contribution in [3.05, 3.63) is 0 Å². The van der Waals surface area contributed by atoms with Gasteiger partial charge >= 0.3 is 12.3 Å². The van der Waals surface area contributed by atoms with E-state index in [-0.39, 0.29) is 12.6 Å². The van der Waals surface area contributed by atoms with Gasteiger partial charge in [-0.2, -0.15) is 8.78 Å². The second-order valence-corrected chi connectivity index (χ2v) is 3.76. The highest BCUT2D eigenvalue weighted by Gasteiger charge is 2.40. The van der Waals surface area contributed by atoms with E-state index in [4.69, 9.17) is 0 Å². The SMILES string of the molecule is CCCC(C)NCCOCC(F)(F)C(F)F. The zero-order valence-electron chi connectivity index (χ0n) is 9.61. The molecule has 0 aliphatic heterocycles. The summed E-state index contributed by atoms with van der Waals surface area (Å²) in [7, 11) is 0. The highest BCUT2D eigenvalue weighted by Crippen LogP contribution is 2.22. The summed E-state index contributed by atoms with van der Waals surface area (Å²) in [5, 5.41) is 3.04. The van der Waals surface area contributed by atoms with Crippen LogP contribution in [0, 0.1) is 0 Å². The van der Waals surface area contributed by atoms with Gasteiger partial charge in [-0.15, -0.1) is 0 Å². The Labute approximate surface area is 93.3 Å². The Morgan fingerprint density at radius 1 is 1.31 bits per heavy atom. The fourth-order valence-corrected chi connectivity index (χ4v) is 1.18. The van der Waals surface area contributed by atoms with Gasteiger partial charge < -0.3 is 10.1 Å². The minimum Gasteiger partial charge on any atom is -0.374 e. The van der Waals surface area contributed by atoms with Crippen molar-refractivity contribution >= 4 is 0 Å². The fourth-order valence-electron chi connectivity index (χ4n) is 1.18. The van der Waals surface area contributed by atoms with Crippen molar-refractivity contribution in [2.24, 2.45) is 0 Å². The number of alkyl halides is 4. The normalized spacial score (nSPS) is 14.4. The molecule has 0 fully saturated rings. The third-order valence-corrected chi connectivity index (χ3v) is 2.07. The molecule has 98 valence electrons. The van der Waals surface area contributed by atoms with Crippen LogP contribution in [0.25, 0.3) is 0 Å². The number of hydrogen-bond donors (Lipinski definition) is 1. The van der Waals surface area contributed by atoms with Crippen molar-refractivity contribution in [1.82, 2.24) is 5.32 Å². The van der Waals surface area contributed by atoms with Gasteiger partial charge in [-0.05, 0) is 13.3 Å². The Kier molecular flexibility index (Phi) is 7.66. The summed E-state index contributed by atoms with van der Waals surface area (Å²) in [5.74, 6) is -4.05. The molecular weight excluding hydrogens is 226 g/mol. The summed E-state index contributed by atoms with van der Waals surface area (Å²) in [5.41, 5.74) is 0. The first-order chi connectivity index (χ1) is 7.40. The third kappa shape index (κ3) is 7.00. The van der Waals surface area contributed by atoms with Crippen molar-refractivity contribution in [3.8, 4) is 0 Å². The van der Waals surface area contributed by atoms with Crippen molar-refractivity contribution in [2.45, 2.75) is 45.1 Å². The number of halogens is 4. The van der Waals surface area contributed by atoms with Gasteiger partial charge in [-0.1, -0.05) is 13.3 Å². The highest BCUT2D eigenvalue weighted by molar-refractivity contribution is 4.68. The average Bonchev–Trinajstić information content (AvgIpc) is 2.17. The zero-order valence-corrected chi connectivity index (χ0v) is 9.61. The predicted octanol–water partition coefficient (Wildman–Crippen LogP) is 2.68. The lowest BCUT2D eigenvalue weighted by atomic mass is 10.2. The van der Waals surface area contributed by atoms with Gasteiger partial charge in [0.15, 0.2) is 0 Å². The highest BCUT2D eigenvalue weighted by atomic mass is 19.3. The molecule has 0 heterocycles. The molecule has 16 heavy (non-hydrogen) atoms. The van der Waals surface area contributed by atoms with Gasteiger partial charge in [0.1, 0.15) is 6.61 Å². The Morgan fingerprint density at radius 3 is 2.44 bits per heavy atom. The van der Waals surface area contributed by atoms with E-state index >= 15 is 0 Å². The van der Waals surface area contributed by atoms with E-state index in [0.717, 1.165) is 12.8 Å².